The number of rotatable bonds is 4. The Hall–Kier alpha value is -4.58. The Balaban J connectivity index is 1.45. The second-order valence-corrected chi connectivity index (χ2v) is 11.7. The zero-order valence-corrected chi connectivity index (χ0v) is 24.5. The molecule has 0 fully saturated rings. The Morgan fingerprint density at radius 2 is 1.17 bits per heavy atom. The van der Waals surface area contributed by atoms with Crippen LogP contribution in [-0.4, -0.2) is 43.9 Å². The first-order chi connectivity index (χ1) is 19.9. The molecule has 3 aliphatic heterocycles. The third-order valence-corrected chi connectivity index (χ3v) is 8.59. The van der Waals surface area contributed by atoms with Gasteiger partial charge in [-0.05, 0) is 68.1 Å². The number of para-hydroxylation sites is 1. The van der Waals surface area contributed by atoms with Crippen molar-refractivity contribution in [1.82, 2.24) is 9.80 Å². The normalized spacial score (nSPS) is 15.7. The van der Waals surface area contributed by atoms with Crippen molar-refractivity contribution >= 4 is 51.5 Å². The second kappa shape index (κ2) is 9.81. The molecule has 4 aromatic rings. The zero-order chi connectivity index (χ0) is 28.2. The van der Waals surface area contributed by atoms with Crippen LogP contribution in [0.1, 0.15) is 16.7 Å². The summed E-state index contributed by atoms with van der Waals surface area (Å²) < 4.78 is 0. The van der Waals surface area contributed by atoms with Crippen molar-refractivity contribution in [1.29, 1.82) is 0 Å². The second-order valence-electron chi connectivity index (χ2n) is 11.7. The predicted octanol–water partition coefficient (Wildman–Crippen LogP) is 5.27. The molecule has 0 saturated heterocycles. The van der Waals surface area contributed by atoms with E-state index < -0.39 is 0 Å². The molecule has 41 heavy (non-hydrogen) atoms. The number of nitrogens with zero attached hydrogens (tertiary/aromatic N) is 5. The van der Waals surface area contributed by atoms with E-state index in [1.54, 1.807) is 0 Å². The predicted molar refractivity (Wildman–Crippen MR) is 175 cm³/mol. The first-order valence-electron chi connectivity index (χ1n) is 14.4. The molecule has 0 saturated carbocycles. The highest BCUT2D eigenvalue weighted by Gasteiger charge is 2.37. The maximum Gasteiger partial charge on any atom is 0.247 e. The van der Waals surface area contributed by atoms with E-state index >= 15 is 0 Å². The van der Waals surface area contributed by atoms with Crippen molar-refractivity contribution in [3.63, 3.8) is 0 Å². The van der Waals surface area contributed by atoms with Gasteiger partial charge in [0.2, 0.25) is 6.71 Å². The quantitative estimate of drug-likeness (QED) is 0.290. The van der Waals surface area contributed by atoms with E-state index in [1.165, 1.54) is 61.5 Å². The van der Waals surface area contributed by atoms with Crippen LogP contribution in [0.2, 0.25) is 0 Å². The van der Waals surface area contributed by atoms with Crippen molar-refractivity contribution < 1.29 is 0 Å². The van der Waals surface area contributed by atoms with Crippen molar-refractivity contribution in [2.24, 2.45) is 0 Å². The Bertz CT molecular complexity index is 1690. The highest BCUT2D eigenvalue weighted by Crippen LogP contribution is 2.39. The summed E-state index contributed by atoms with van der Waals surface area (Å²) in [7, 11) is 4.23. The van der Waals surface area contributed by atoms with Gasteiger partial charge in [0.1, 0.15) is 0 Å². The van der Waals surface area contributed by atoms with Crippen LogP contribution < -0.4 is 31.1 Å². The lowest BCUT2D eigenvalue weighted by atomic mass is 9.34. The minimum Gasteiger partial charge on any atom is -0.361 e. The highest BCUT2D eigenvalue weighted by atomic mass is 15.3. The molecule has 3 heterocycles. The Morgan fingerprint density at radius 3 is 1.83 bits per heavy atom. The van der Waals surface area contributed by atoms with Gasteiger partial charge in [0, 0.05) is 67.3 Å². The maximum atomic E-state index is 2.47. The molecule has 0 amide bonds. The number of fused-ring (bicyclic) bond motifs is 2. The van der Waals surface area contributed by atoms with Crippen LogP contribution in [0.3, 0.4) is 0 Å². The fourth-order valence-corrected chi connectivity index (χ4v) is 6.82. The number of hydrogen-bond donors (Lipinski definition) is 0. The molecule has 3 aliphatic rings. The molecule has 0 bridgehead atoms. The SMILES string of the molecule is Cc1cc(C)c(B2c3ccccc3N(c3cccc(N4C=CN(C)C4)c3)c3cc(N4C=CN(C)C4)ccc32)c(C)c1. The standard InChI is InChI=1S/C35H36BN5/c1-25-19-26(2)35(27(3)20-25)36-31-11-6-7-12-33(31)41(30-10-8-9-28(21-30)39-17-15-37(4)23-39)34-22-29(13-14-32(34)36)40-18-16-38(5)24-40/h6-22H,23-24H2,1-5H3. The van der Waals surface area contributed by atoms with E-state index in [4.69, 9.17) is 0 Å². The molecule has 7 rings (SSSR count). The van der Waals surface area contributed by atoms with Gasteiger partial charge in [0.05, 0.1) is 13.3 Å². The van der Waals surface area contributed by atoms with Gasteiger partial charge in [-0.25, -0.2) is 0 Å². The summed E-state index contributed by atoms with van der Waals surface area (Å²) in [5, 5.41) is 0. The molecule has 0 N–H and O–H groups in total. The lowest BCUT2D eigenvalue weighted by Gasteiger charge is -2.38. The summed E-state index contributed by atoms with van der Waals surface area (Å²) in [5.74, 6) is 0. The van der Waals surface area contributed by atoms with E-state index in [0.29, 0.717) is 0 Å². The van der Waals surface area contributed by atoms with Gasteiger partial charge in [-0.15, -0.1) is 0 Å². The third-order valence-electron chi connectivity index (χ3n) is 8.59. The van der Waals surface area contributed by atoms with Gasteiger partial charge in [-0.1, -0.05) is 64.6 Å². The molecule has 4 aromatic carbocycles. The summed E-state index contributed by atoms with van der Waals surface area (Å²) in [6.45, 7) is 8.59. The smallest absolute Gasteiger partial charge is 0.247 e. The van der Waals surface area contributed by atoms with E-state index in [0.717, 1.165) is 13.3 Å². The van der Waals surface area contributed by atoms with E-state index in [9.17, 15) is 0 Å². The summed E-state index contributed by atoms with van der Waals surface area (Å²) in [6, 6.07) is 29.6. The van der Waals surface area contributed by atoms with Crippen LogP contribution in [0, 0.1) is 20.8 Å². The molecule has 0 aromatic heterocycles. The summed E-state index contributed by atoms with van der Waals surface area (Å²) in [4.78, 5) is 11.5. The first kappa shape index (κ1) is 25.4. The van der Waals surface area contributed by atoms with Crippen molar-refractivity contribution in [2.75, 3.05) is 42.1 Å². The maximum absolute atomic E-state index is 2.47. The number of hydrogen-bond acceptors (Lipinski definition) is 5. The molecule has 204 valence electrons. The van der Waals surface area contributed by atoms with Crippen LogP contribution in [0.25, 0.3) is 0 Å². The van der Waals surface area contributed by atoms with E-state index in [2.05, 4.69) is 163 Å². The average Bonchev–Trinajstić information content (AvgIpc) is 3.60. The molecule has 5 nitrogen and oxygen atoms in total. The number of benzene rings is 4. The van der Waals surface area contributed by atoms with Gasteiger partial charge >= 0.3 is 0 Å². The molecular weight excluding hydrogens is 501 g/mol. The highest BCUT2D eigenvalue weighted by molar-refractivity contribution is 6.98. The van der Waals surface area contributed by atoms with Crippen molar-refractivity contribution in [2.45, 2.75) is 20.8 Å². The Morgan fingerprint density at radius 1 is 0.561 bits per heavy atom. The van der Waals surface area contributed by atoms with E-state index in [-0.39, 0.29) is 6.71 Å². The molecule has 6 heteroatoms. The van der Waals surface area contributed by atoms with Crippen LogP contribution in [0.15, 0.2) is 104 Å². The van der Waals surface area contributed by atoms with Gasteiger partial charge in [0.25, 0.3) is 0 Å². The Kier molecular flexibility index (Phi) is 6.08. The lowest BCUT2D eigenvalue weighted by molar-refractivity contribution is 0.496. The molecule has 0 unspecified atom stereocenters. The summed E-state index contributed by atoms with van der Waals surface area (Å²) >= 11 is 0. The minimum atomic E-state index is 0.155. The van der Waals surface area contributed by atoms with Crippen LogP contribution in [0.4, 0.5) is 28.4 Å². The summed E-state index contributed by atoms with van der Waals surface area (Å²) in [6.07, 6.45) is 8.59. The van der Waals surface area contributed by atoms with Gasteiger partial charge < -0.3 is 24.5 Å². The van der Waals surface area contributed by atoms with Crippen LogP contribution in [-0.2, 0) is 0 Å². The lowest BCUT2D eigenvalue weighted by Crippen LogP contribution is -2.58. The molecule has 0 aliphatic carbocycles. The average molecular weight is 538 g/mol. The van der Waals surface area contributed by atoms with Crippen LogP contribution >= 0.6 is 0 Å². The number of aryl methyl sites for hydroxylation is 3. The fourth-order valence-electron chi connectivity index (χ4n) is 6.82. The number of anilines is 5. The molecule has 0 spiro atoms. The van der Waals surface area contributed by atoms with Crippen LogP contribution in [0.5, 0.6) is 0 Å². The zero-order valence-electron chi connectivity index (χ0n) is 24.5. The molecule has 0 radical (unpaired) electrons. The Labute approximate surface area is 244 Å². The fraction of sp³-hybridized carbons (Fsp3) is 0.200. The molecular formula is C35H36BN5. The monoisotopic (exact) mass is 537 g/mol. The first-order valence-corrected chi connectivity index (χ1v) is 14.4. The van der Waals surface area contributed by atoms with E-state index in [1.807, 2.05) is 0 Å². The van der Waals surface area contributed by atoms with Gasteiger partial charge in [-0.2, -0.15) is 0 Å². The third kappa shape index (κ3) is 4.35. The van der Waals surface area contributed by atoms with Gasteiger partial charge in [-0.3, -0.25) is 0 Å². The van der Waals surface area contributed by atoms with Crippen molar-refractivity contribution in [3.8, 4) is 0 Å². The summed E-state index contributed by atoms with van der Waals surface area (Å²) in [5.41, 5.74) is 14.1. The molecule has 0 atom stereocenters. The van der Waals surface area contributed by atoms with Gasteiger partial charge in [0.15, 0.2) is 0 Å². The van der Waals surface area contributed by atoms with Crippen molar-refractivity contribution in [3.05, 3.63) is 120 Å². The minimum absolute atomic E-state index is 0.155. The topological polar surface area (TPSA) is 16.2 Å². The largest absolute Gasteiger partial charge is 0.361 e.